The van der Waals surface area contributed by atoms with Crippen molar-refractivity contribution in [3.63, 3.8) is 0 Å². The Labute approximate surface area is 190 Å². The van der Waals surface area contributed by atoms with Crippen LogP contribution in [-0.4, -0.2) is 64.5 Å². The lowest BCUT2D eigenvalue weighted by Gasteiger charge is -2.20. The number of unbranched alkanes of at least 4 members (excludes halogenated alkanes) is 2. The summed E-state index contributed by atoms with van der Waals surface area (Å²) in [7, 11) is 1.60. The number of hydrogen-bond donors (Lipinski definition) is 2. The summed E-state index contributed by atoms with van der Waals surface area (Å²) in [6.07, 6.45) is 5.51. The number of rotatable bonds is 19. The molecule has 0 saturated heterocycles. The molecule has 0 aliphatic carbocycles. The summed E-state index contributed by atoms with van der Waals surface area (Å²) < 4.78 is 22.9. The molecule has 1 unspecified atom stereocenters. The molecule has 0 radical (unpaired) electrons. The van der Waals surface area contributed by atoms with E-state index >= 15 is 0 Å². The van der Waals surface area contributed by atoms with Crippen LogP contribution in [0.15, 0.2) is 49.6 Å². The van der Waals surface area contributed by atoms with Crippen LogP contribution in [0.25, 0.3) is 0 Å². The minimum absolute atomic E-state index is 0.170. The zero-order chi connectivity index (χ0) is 23.4. The molecule has 0 aromatic heterocycles. The standard InChI is InChI=1S/C24H36N2O6/c1-4-23(27)25-14-8-10-16-30-18-20(31-17-11-9-15-26-24(28)5-2)19-32-22-13-7-6-12-21(22)29-3/h4-7,12-13,20H,1-2,8-11,14-19H2,3H3,(H,25,27)(H,26,28). The highest BCUT2D eigenvalue weighted by Crippen LogP contribution is 2.26. The Bertz CT molecular complexity index is 695. The van der Waals surface area contributed by atoms with E-state index in [1.165, 1.54) is 12.2 Å². The highest BCUT2D eigenvalue weighted by molar-refractivity contribution is 5.87. The lowest BCUT2D eigenvalue weighted by Crippen LogP contribution is -2.28. The summed E-state index contributed by atoms with van der Waals surface area (Å²) in [4.78, 5) is 22.3. The minimum Gasteiger partial charge on any atom is -0.493 e. The smallest absolute Gasteiger partial charge is 0.243 e. The van der Waals surface area contributed by atoms with Crippen molar-refractivity contribution >= 4 is 11.8 Å². The predicted molar refractivity (Wildman–Crippen MR) is 124 cm³/mol. The lowest BCUT2D eigenvalue weighted by molar-refractivity contribution is -0.117. The molecule has 1 rings (SSSR count). The van der Waals surface area contributed by atoms with E-state index in [2.05, 4.69) is 23.8 Å². The van der Waals surface area contributed by atoms with Gasteiger partial charge in [0.1, 0.15) is 12.7 Å². The van der Waals surface area contributed by atoms with Gasteiger partial charge in [-0.2, -0.15) is 0 Å². The van der Waals surface area contributed by atoms with Gasteiger partial charge in [0.15, 0.2) is 11.5 Å². The number of methoxy groups -OCH3 is 1. The van der Waals surface area contributed by atoms with Gasteiger partial charge in [0.05, 0.1) is 13.7 Å². The molecule has 0 heterocycles. The first kappa shape index (κ1) is 27.2. The Hall–Kier alpha value is -2.84. The SMILES string of the molecule is C=CC(=O)NCCCCOCC(COc1ccccc1OC)OCCCCNC(=O)C=C. The van der Waals surface area contributed by atoms with Gasteiger partial charge in [0.2, 0.25) is 11.8 Å². The summed E-state index contributed by atoms with van der Waals surface area (Å²) in [6, 6.07) is 7.44. The quantitative estimate of drug-likeness (QED) is 0.250. The first-order valence-electron chi connectivity index (χ1n) is 10.9. The van der Waals surface area contributed by atoms with E-state index in [-0.39, 0.29) is 17.9 Å². The molecule has 0 fully saturated rings. The van der Waals surface area contributed by atoms with E-state index < -0.39 is 0 Å². The second-order valence-corrected chi connectivity index (χ2v) is 6.93. The lowest BCUT2D eigenvalue weighted by atomic mass is 10.3. The van der Waals surface area contributed by atoms with E-state index in [4.69, 9.17) is 18.9 Å². The monoisotopic (exact) mass is 448 g/mol. The molecule has 2 N–H and O–H groups in total. The van der Waals surface area contributed by atoms with Crippen molar-refractivity contribution < 1.29 is 28.5 Å². The van der Waals surface area contributed by atoms with Crippen LogP contribution in [0.4, 0.5) is 0 Å². The van der Waals surface area contributed by atoms with Crippen molar-refractivity contribution in [1.82, 2.24) is 10.6 Å². The summed E-state index contributed by atoms with van der Waals surface area (Å²) in [6.45, 7) is 9.81. The van der Waals surface area contributed by atoms with Crippen LogP contribution in [0.5, 0.6) is 11.5 Å². The molecule has 1 aromatic rings. The maximum absolute atomic E-state index is 11.2. The third-order valence-corrected chi connectivity index (χ3v) is 4.41. The number of amides is 2. The van der Waals surface area contributed by atoms with Gasteiger partial charge in [-0.25, -0.2) is 0 Å². The summed E-state index contributed by atoms with van der Waals surface area (Å²) in [5.74, 6) is 0.962. The Morgan fingerprint density at radius 3 is 2.09 bits per heavy atom. The van der Waals surface area contributed by atoms with Crippen LogP contribution in [0.1, 0.15) is 25.7 Å². The van der Waals surface area contributed by atoms with Gasteiger partial charge in [0.25, 0.3) is 0 Å². The molecule has 0 aliphatic rings. The molecule has 1 aromatic carbocycles. The molecule has 0 aliphatic heterocycles. The van der Waals surface area contributed by atoms with Crippen LogP contribution < -0.4 is 20.1 Å². The topological polar surface area (TPSA) is 95.1 Å². The van der Waals surface area contributed by atoms with E-state index in [1.807, 2.05) is 24.3 Å². The highest BCUT2D eigenvalue weighted by Gasteiger charge is 2.13. The maximum Gasteiger partial charge on any atom is 0.243 e. The fourth-order valence-electron chi connectivity index (χ4n) is 2.65. The van der Waals surface area contributed by atoms with Crippen molar-refractivity contribution in [3.8, 4) is 11.5 Å². The van der Waals surface area contributed by atoms with Crippen LogP contribution in [0.2, 0.25) is 0 Å². The fourth-order valence-corrected chi connectivity index (χ4v) is 2.65. The number of carbonyl (C=O) groups excluding carboxylic acids is 2. The largest absolute Gasteiger partial charge is 0.493 e. The summed E-state index contributed by atoms with van der Waals surface area (Å²) >= 11 is 0. The van der Waals surface area contributed by atoms with E-state index in [1.54, 1.807) is 7.11 Å². The van der Waals surface area contributed by atoms with Crippen LogP contribution in [0, 0.1) is 0 Å². The van der Waals surface area contributed by atoms with Gasteiger partial charge in [-0.05, 0) is 50.0 Å². The second-order valence-electron chi connectivity index (χ2n) is 6.93. The number of ether oxygens (including phenoxy) is 4. The molecule has 2 amide bonds. The van der Waals surface area contributed by atoms with Crippen molar-refractivity contribution in [2.24, 2.45) is 0 Å². The first-order chi connectivity index (χ1) is 15.6. The van der Waals surface area contributed by atoms with Crippen molar-refractivity contribution in [3.05, 3.63) is 49.6 Å². The number of carbonyl (C=O) groups is 2. The van der Waals surface area contributed by atoms with Crippen molar-refractivity contribution in [2.45, 2.75) is 31.8 Å². The van der Waals surface area contributed by atoms with Gasteiger partial charge < -0.3 is 29.6 Å². The normalized spacial score (nSPS) is 11.3. The molecule has 32 heavy (non-hydrogen) atoms. The minimum atomic E-state index is -0.247. The summed E-state index contributed by atoms with van der Waals surface area (Å²) in [5, 5.41) is 5.48. The molecule has 0 saturated carbocycles. The number of benzene rings is 1. The Balaban J connectivity index is 2.36. The molecule has 178 valence electrons. The van der Waals surface area contributed by atoms with Crippen LogP contribution >= 0.6 is 0 Å². The van der Waals surface area contributed by atoms with Gasteiger partial charge in [-0.15, -0.1) is 0 Å². The molecule has 8 heteroatoms. The van der Waals surface area contributed by atoms with Gasteiger partial charge in [-0.3, -0.25) is 9.59 Å². The van der Waals surface area contributed by atoms with Crippen molar-refractivity contribution in [2.75, 3.05) is 46.6 Å². The molecule has 1 atom stereocenters. The molecule has 0 spiro atoms. The Kier molecular flexibility index (Phi) is 15.1. The number of hydrogen-bond acceptors (Lipinski definition) is 6. The van der Waals surface area contributed by atoms with Crippen molar-refractivity contribution in [1.29, 1.82) is 0 Å². The van der Waals surface area contributed by atoms with Gasteiger partial charge in [0, 0.05) is 26.3 Å². The fraction of sp³-hybridized carbons (Fsp3) is 0.500. The van der Waals surface area contributed by atoms with E-state index in [9.17, 15) is 9.59 Å². The average Bonchev–Trinajstić information content (AvgIpc) is 2.82. The second kappa shape index (κ2) is 17.8. The average molecular weight is 449 g/mol. The molecular weight excluding hydrogens is 412 g/mol. The van der Waals surface area contributed by atoms with E-state index in [0.29, 0.717) is 51.0 Å². The first-order valence-corrected chi connectivity index (χ1v) is 10.9. The van der Waals surface area contributed by atoms with Gasteiger partial charge >= 0.3 is 0 Å². The third kappa shape index (κ3) is 12.8. The maximum atomic E-state index is 11.2. The third-order valence-electron chi connectivity index (χ3n) is 4.41. The van der Waals surface area contributed by atoms with Crippen LogP contribution in [-0.2, 0) is 19.1 Å². The zero-order valence-electron chi connectivity index (χ0n) is 19.0. The number of nitrogens with one attached hydrogen (secondary N) is 2. The predicted octanol–water partition coefficient (Wildman–Crippen LogP) is 2.64. The van der Waals surface area contributed by atoms with Gasteiger partial charge in [-0.1, -0.05) is 25.3 Å². The van der Waals surface area contributed by atoms with Crippen LogP contribution in [0.3, 0.4) is 0 Å². The Morgan fingerprint density at radius 2 is 1.50 bits per heavy atom. The zero-order valence-corrected chi connectivity index (χ0v) is 19.0. The number of para-hydroxylation sites is 2. The Morgan fingerprint density at radius 1 is 0.906 bits per heavy atom. The molecular formula is C24H36N2O6. The van der Waals surface area contributed by atoms with E-state index in [0.717, 1.165) is 25.7 Å². The molecule has 8 nitrogen and oxygen atoms in total. The summed E-state index contributed by atoms with van der Waals surface area (Å²) in [5.41, 5.74) is 0. The molecule has 0 bridgehead atoms. The highest BCUT2D eigenvalue weighted by atomic mass is 16.6.